The fourth-order valence-corrected chi connectivity index (χ4v) is 4.74. The largest absolute Gasteiger partial charge is 0.494 e. The van der Waals surface area contributed by atoms with Gasteiger partial charge in [0.25, 0.3) is 0 Å². The Labute approximate surface area is 225 Å². The van der Waals surface area contributed by atoms with Crippen LogP contribution in [0.4, 0.5) is 39.3 Å². The average Bonchev–Trinajstić information content (AvgIpc) is 2.87. The minimum absolute atomic E-state index is 0.175. The Bertz CT molecular complexity index is 1420. The predicted octanol–water partition coefficient (Wildman–Crippen LogP) is 4.06. The second kappa shape index (κ2) is 11.6. The van der Waals surface area contributed by atoms with Gasteiger partial charge >= 0.3 is 6.09 Å². The zero-order chi connectivity index (χ0) is 27.3. The van der Waals surface area contributed by atoms with Crippen LogP contribution >= 0.6 is 11.6 Å². The monoisotopic (exact) mass is 561 g/mol. The first kappa shape index (κ1) is 27.1. The van der Waals surface area contributed by atoms with Crippen molar-refractivity contribution >= 4 is 62.2 Å². The summed E-state index contributed by atoms with van der Waals surface area (Å²) in [4.78, 5) is 21.9. The summed E-state index contributed by atoms with van der Waals surface area (Å²) < 4.78 is 36.6. The van der Waals surface area contributed by atoms with Gasteiger partial charge in [-0.15, -0.1) is 0 Å². The first-order chi connectivity index (χ1) is 18.1. The van der Waals surface area contributed by atoms with E-state index in [9.17, 15) is 13.2 Å². The first-order valence-electron chi connectivity index (χ1n) is 11.6. The number of nitrogens with two attached hydrogens (primary N) is 1. The van der Waals surface area contributed by atoms with Crippen LogP contribution in [0.5, 0.6) is 5.75 Å². The van der Waals surface area contributed by atoms with E-state index in [1.807, 2.05) is 18.2 Å². The highest BCUT2D eigenvalue weighted by Gasteiger charge is 2.22. The third-order valence-electron chi connectivity index (χ3n) is 5.74. The van der Waals surface area contributed by atoms with E-state index in [4.69, 9.17) is 26.8 Å². The second-order valence-electron chi connectivity index (χ2n) is 8.57. The zero-order valence-electron chi connectivity index (χ0n) is 20.8. The molecule has 4 rings (SSSR count). The van der Waals surface area contributed by atoms with Crippen LogP contribution in [-0.2, 0) is 14.8 Å². The number of carbonyl (C=O) groups excluding carboxylic acids is 1. The SMILES string of the molecule is COc1cc(N2CCC(OC(N)=O)CC2)ccc1Nc1ncc(Cl)c(Nc2ccccc2NS(C)(=O)=O)n1. The summed E-state index contributed by atoms with van der Waals surface area (Å²) in [6, 6.07) is 12.5. The molecule has 0 saturated carbocycles. The van der Waals surface area contributed by atoms with Gasteiger partial charge in [-0.3, -0.25) is 4.72 Å². The number of sulfonamides is 1. The normalized spacial score (nSPS) is 14.0. The van der Waals surface area contributed by atoms with Crippen molar-refractivity contribution < 1.29 is 22.7 Å². The molecule has 0 bridgehead atoms. The van der Waals surface area contributed by atoms with Crippen molar-refractivity contribution in [3.63, 3.8) is 0 Å². The van der Waals surface area contributed by atoms with Crippen molar-refractivity contribution in [2.45, 2.75) is 18.9 Å². The molecule has 14 heteroatoms. The van der Waals surface area contributed by atoms with Gasteiger partial charge in [0.1, 0.15) is 16.9 Å². The number of benzene rings is 2. The number of hydrogen-bond acceptors (Lipinski definition) is 10. The van der Waals surface area contributed by atoms with Gasteiger partial charge in [0.2, 0.25) is 16.0 Å². The maximum Gasteiger partial charge on any atom is 0.404 e. The van der Waals surface area contributed by atoms with Gasteiger partial charge in [-0.25, -0.2) is 18.2 Å². The number of primary amides is 1. The minimum atomic E-state index is -3.49. The lowest BCUT2D eigenvalue weighted by atomic mass is 10.1. The van der Waals surface area contributed by atoms with Gasteiger partial charge < -0.3 is 30.7 Å². The van der Waals surface area contributed by atoms with E-state index in [1.165, 1.54) is 6.20 Å². The molecule has 202 valence electrons. The number of aromatic nitrogens is 2. The van der Waals surface area contributed by atoms with E-state index >= 15 is 0 Å². The smallest absolute Gasteiger partial charge is 0.404 e. The van der Waals surface area contributed by atoms with Crippen LogP contribution in [0.2, 0.25) is 5.02 Å². The summed E-state index contributed by atoms with van der Waals surface area (Å²) in [6.45, 7) is 1.41. The fraction of sp³-hybridized carbons (Fsp3) is 0.292. The van der Waals surface area contributed by atoms with Crippen LogP contribution in [0, 0.1) is 0 Å². The highest BCUT2D eigenvalue weighted by Crippen LogP contribution is 2.34. The van der Waals surface area contributed by atoms with E-state index in [-0.39, 0.29) is 22.9 Å². The molecule has 1 saturated heterocycles. The number of anilines is 6. The molecule has 1 aliphatic heterocycles. The Balaban J connectivity index is 1.50. The summed E-state index contributed by atoms with van der Waals surface area (Å²) in [6.07, 6.45) is 2.95. The Morgan fingerprint density at radius 1 is 1.11 bits per heavy atom. The maximum atomic E-state index is 11.7. The molecule has 12 nitrogen and oxygen atoms in total. The molecule has 0 radical (unpaired) electrons. The number of carbonyl (C=O) groups is 1. The van der Waals surface area contributed by atoms with Gasteiger partial charge in [-0.1, -0.05) is 23.7 Å². The van der Waals surface area contributed by atoms with E-state index in [1.54, 1.807) is 31.4 Å². The highest BCUT2D eigenvalue weighted by molar-refractivity contribution is 7.92. The van der Waals surface area contributed by atoms with Crippen LogP contribution < -0.4 is 30.7 Å². The number of methoxy groups -OCH3 is 1. The molecule has 1 fully saturated rings. The summed E-state index contributed by atoms with van der Waals surface area (Å²) in [5.41, 5.74) is 7.54. The standard InChI is InChI=1S/C24H28ClN7O5S/c1-36-21-13-15(32-11-9-16(10-12-32)37-23(26)33)7-8-20(21)29-24-27-14-17(25)22(30-24)28-18-5-3-4-6-19(18)31-38(2,34)35/h3-8,13-14,16,31H,9-12H2,1-2H3,(H2,26,33)(H2,27,28,29,30). The molecule has 5 N–H and O–H groups in total. The Hall–Kier alpha value is -3.97. The average molecular weight is 562 g/mol. The number of halogens is 1. The molecule has 1 aliphatic rings. The Morgan fingerprint density at radius 3 is 2.47 bits per heavy atom. The number of hydrogen-bond donors (Lipinski definition) is 4. The molecule has 0 unspecified atom stereocenters. The topological polar surface area (TPSA) is 161 Å². The van der Waals surface area contributed by atoms with Gasteiger partial charge in [0.05, 0.1) is 36.6 Å². The number of rotatable bonds is 9. The quantitative estimate of drug-likeness (QED) is 0.300. The lowest BCUT2D eigenvalue weighted by Gasteiger charge is -2.33. The van der Waals surface area contributed by atoms with Gasteiger partial charge in [0, 0.05) is 37.7 Å². The molecular formula is C24H28ClN7O5S. The third kappa shape index (κ3) is 7.07. The Kier molecular flexibility index (Phi) is 8.27. The van der Waals surface area contributed by atoms with Crippen LogP contribution in [0.25, 0.3) is 0 Å². The van der Waals surface area contributed by atoms with Crippen molar-refractivity contribution in [3.05, 3.63) is 53.7 Å². The molecule has 38 heavy (non-hydrogen) atoms. The number of piperidine rings is 1. The molecule has 0 aliphatic carbocycles. The summed E-state index contributed by atoms with van der Waals surface area (Å²) in [5, 5.41) is 6.45. The van der Waals surface area contributed by atoms with Crippen molar-refractivity contribution in [2.24, 2.45) is 5.73 Å². The van der Waals surface area contributed by atoms with Crippen molar-refractivity contribution in [1.82, 2.24) is 9.97 Å². The van der Waals surface area contributed by atoms with Crippen molar-refractivity contribution in [2.75, 3.05) is 46.7 Å². The van der Waals surface area contributed by atoms with Crippen LogP contribution in [0.1, 0.15) is 12.8 Å². The van der Waals surface area contributed by atoms with Crippen molar-refractivity contribution in [1.29, 1.82) is 0 Å². The highest BCUT2D eigenvalue weighted by atomic mass is 35.5. The third-order valence-corrected chi connectivity index (χ3v) is 6.61. The second-order valence-corrected chi connectivity index (χ2v) is 10.7. The van der Waals surface area contributed by atoms with Gasteiger partial charge in [0.15, 0.2) is 5.82 Å². The van der Waals surface area contributed by atoms with Crippen LogP contribution in [-0.4, -0.2) is 57.0 Å². The van der Waals surface area contributed by atoms with Crippen LogP contribution in [0.3, 0.4) is 0 Å². The van der Waals surface area contributed by atoms with Crippen molar-refractivity contribution in [3.8, 4) is 5.75 Å². The molecule has 2 heterocycles. The number of amides is 1. The number of para-hydroxylation sites is 2. The van der Waals surface area contributed by atoms with Gasteiger partial charge in [-0.05, 0) is 24.3 Å². The predicted molar refractivity (Wildman–Crippen MR) is 147 cm³/mol. The molecule has 1 aromatic heterocycles. The summed E-state index contributed by atoms with van der Waals surface area (Å²) in [7, 11) is -1.92. The van der Waals surface area contributed by atoms with E-state index in [2.05, 4.69) is 30.2 Å². The van der Waals surface area contributed by atoms with Crippen LogP contribution in [0.15, 0.2) is 48.7 Å². The molecule has 3 aromatic rings. The summed E-state index contributed by atoms with van der Waals surface area (Å²) in [5.74, 6) is 1.11. The van der Waals surface area contributed by atoms with E-state index in [0.29, 0.717) is 48.7 Å². The Morgan fingerprint density at radius 2 is 1.82 bits per heavy atom. The molecular weight excluding hydrogens is 534 g/mol. The maximum absolute atomic E-state index is 11.7. The summed E-state index contributed by atoms with van der Waals surface area (Å²) >= 11 is 6.32. The fourth-order valence-electron chi connectivity index (χ4n) is 4.02. The minimum Gasteiger partial charge on any atom is -0.494 e. The number of ether oxygens (including phenoxy) is 2. The molecule has 1 amide bonds. The number of nitrogens with zero attached hydrogens (tertiary/aromatic N) is 3. The molecule has 0 spiro atoms. The lowest BCUT2D eigenvalue weighted by molar-refractivity contribution is 0.0912. The molecule has 2 aromatic carbocycles. The molecule has 0 atom stereocenters. The van der Waals surface area contributed by atoms with Gasteiger partial charge in [-0.2, -0.15) is 4.98 Å². The van der Waals surface area contributed by atoms with E-state index < -0.39 is 16.1 Å². The first-order valence-corrected chi connectivity index (χ1v) is 13.9. The zero-order valence-corrected chi connectivity index (χ0v) is 22.3. The van der Waals surface area contributed by atoms with E-state index in [0.717, 1.165) is 11.9 Å². The number of nitrogens with one attached hydrogen (secondary N) is 3. The lowest BCUT2D eigenvalue weighted by Crippen LogP contribution is -2.38.